The number of hydrogen-bond donors (Lipinski definition) is 1. The number of aromatic nitrogens is 3. The van der Waals surface area contributed by atoms with Gasteiger partial charge in [0, 0.05) is 18.7 Å². The summed E-state index contributed by atoms with van der Waals surface area (Å²) in [6.07, 6.45) is 3.91. The van der Waals surface area contributed by atoms with Crippen LogP contribution in [0.15, 0.2) is 36.5 Å². The van der Waals surface area contributed by atoms with Crippen LogP contribution < -0.4 is 0 Å². The molecule has 1 saturated heterocycles. The lowest BCUT2D eigenvalue weighted by atomic mass is 9.96. The summed E-state index contributed by atoms with van der Waals surface area (Å²) < 4.78 is 0. The van der Waals surface area contributed by atoms with E-state index in [0.29, 0.717) is 11.5 Å². The molecule has 1 N–H and O–H groups in total. The van der Waals surface area contributed by atoms with Gasteiger partial charge in [-0.3, -0.25) is 9.88 Å². The molecule has 5 heteroatoms. The summed E-state index contributed by atoms with van der Waals surface area (Å²) in [5, 5.41) is 9.00. The molecule has 0 amide bonds. The van der Waals surface area contributed by atoms with Gasteiger partial charge in [0.2, 0.25) is 0 Å². The average molecular weight is 331 g/mol. The van der Waals surface area contributed by atoms with E-state index in [9.17, 15) is 0 Å². The van der Waals surface area contributed by atoms with Crippen LogP contribution in [0.25, 0.3) is 11.0 Å². The fourth-order valence-electron chi connectivity index (χ4n) is 3.56. The second-order valence-corrected chi connectivity index (χ2v) is 6.84. The molecule has 3 heterocycles. The maximum Gasteiger partial charge on any atom is 0.110 e. The number of hydrogen-bond acceptors (Lipinski definition) is 4. The molecule has 0 saturated carbocycles. The molecule has 1 aromatic carbocycles. The zero-order valence-corrected chi connectivity index (χ0v) is 14.4. The summed E-state index contributed by atoms with van der Waals surface area (Å²) in [6, 6.07) is 12.2. The minimum Gasteiger partial charge on any atom is -0.342 e. The van der Waals surface area contributed by atoms with Crippen LogP contribution >= 0.6 is 0 Å². The number of piperidine rings is 1. The van der Waals surface area contributed by atoms with Gasteiger partial charge in [0.15, 0.2) is 0 Å². The van der Waals surface area contributed by atoms with Gasteiger partial charge in [-0.1, -0.05) is 6.07 Å². The quantitative estimate of drug-likeness (QED) is 0.797. The molecule has 1 aliphatic heterocycles. The van der Waals surface area contributed by atoms with Crippen LogP contribution in [0.3, 0.4) is 0 Å². The first-order valence-electron chi connectivity index (χ1n) is 8.75. The van der Waals surface area contributed by atoms with Crippen molar-refractivity contribution in [3.63, 3.8) is 0 Å². The van der Waals surface area contributed by atoms with Crippen molar-refractivity contribution in [2.45, 2.75) is 32.2 Å². The number of nitrogens with one attached hydrogen (secondary N) is 1. The first-order valence-corrected chi connectivity index (χ1v) is 8.75. The van der Waals surface area contributed by atoms with Crippen LogP contribution in [0, 0.1) is 18.3 Å². The highest BCUT2D eigenvalue weighted by Gasteiger charge is 2.23. The topological polar surface area (TPSA) is 68.6 Å². The van der Waals surface area contributed by atoms with Crippen molar-refractivity contribution in [1.82, 2.24) is 19.9 Å². The largest absolute Gasteiger partial charge is 0.342 e. The Labute approximate surface area is 147 Å². The van der Waals surface area contributed by atoms with Crippen molar-refractivity contribution >= 4 is 11.0 Å². The van der Waals surface area contributed by atoms with Gasteiger partial charge in [-0.15, -0.1) is 0 Å². The second kappa shape index (κ2) is 6.66. The lowest BCUT2D eigenvalue weighted by Gasteiger charge is -2.30. The van der Waals surface area contributed by atoms with Crippen molar-refractivity contribution in [1.29, 1.82) is 5.26 Å². The zero-order valence-electron chi connectivity index (χ0n) is 14.4. The minimum absolute atomic E-state index is 0.488. The smallest absolute Gasteiger partial charge is 0.110 e. The van der Waals surface area contributed by atoms with Crippen LogP contribution in [0.4, 0.5) is 0 Å². The molecule has 0 unspecified atom stereocenters. The molecule has 1 aliphatic rings. The van der Waals surface area contributed by atoms with Crippen LogP contribution in [0.5, 0.6) is 0 Å². The van der Waals surface area contributed by atoms with Gasteiger partial charge in [-0.05, 0) is 62.7 Å². The highest BCUT2D eigenvalue weighted by atomic mass is 15.1. The van der Waals surface area contributed by atoms with E-state index >= 15 is 0 Å². The average Bonchev–Trinajstić information content (AvgIpc) is 3.05. The Morgan fingerprint density at radius 2 is 2.08 bits per heavy atom. The molecule has 0 radical (unpaired) electrons. The molecule has 1 fully saturated rings. The van der Waals surface area contributed by atoms with E-state index in [1.165, 1.54) is 5.56 Å². The Kier molecular flexibility index (Phi) is 4.21. The van der Waals surface area contributed by atoms with Crippen molar-refractivity contribution < 1.29 is 0 Å². The van der Waals surface area contributed by atoms with Crippen molar-refractivity contribution in [2.75, 3.05) is 13.1 Å². The first kappa shape index (κ1) is 15.8. The molecule has 4 rings (SSSR count). The Hall–Kier alpha value is -2.71. The fraction of sp³-hybridized carbons (Fsp3) is 0.350. The minimum atomic E-state index is 0.488. The number of H-pyrrole nitrogens is 1. The summed E-state index contributed by atoms with van der Waals surface area (Å²) >= 11 is 0. The SMILES string of the molecule is Cc1ccc2nc(C3CCN(Cc4cc(C#N)ccn4)CC3)[nH]c2c1. The van der Waals surface area contributed by atoms with E-state index in [2.05, 4.69) is 46.1 Å². The number of benzene rings is 1. The van der Waals surface area contributed by atoms with Crippen molar-refractivity contribution in [2.24, 2.45) is 0 Å². The number of aromatic amines is 1. The molecular formula is C20H21N5. The maximum atomic E-state index is 9.00. The summed E-state index contributed by atoms with van der Waals surface area (Å²) in [4.78, 5) is 15.1. The Balaban J connectivity index is 1.41. The monoisotopic (exact) mass is 331 g/mol. The number of aryl methyl sites for hydroxylation is 1. The van der Waals surface area contributed by atoms with Gasteiger partial charge < -0.3 is 4.98 Å². The van der Waals surface area contributed by atoms with Gasteiger partial charge in [0.05, 0.1) is 28.4 Å². The van der Waals surface area contributed by atoms with Gasteiger partial charge in [-0.2, -0.15) is 5.26 Å². The molecule has 2 aromatic heterocycles. The lowest BCUT2D eigenvalue weighted by Crippen LogP contribution is -2.33. The second-order valence-electron chi connectivity index (χ2n) is 6.84. The molecular weight excluding hydrogens is 310 g/mol. The first-order chi connectivity index (χ1) is 12.2. The van der Waals surface area contributed by atoms with Crippen LogP contribution in [0.2, 0.25) is 0 Å². The molecule has 3 aromatic rings. The van der Waals surface area contributed by atoms with Crippen LogP contribution in [-0.4, -0.2) is 32.9 Å². The summed E-state index contributed by atoms with van der Waals surface area (Å²) in [7, 11) is 0. The van der Waals surface area contributed by atoms with E-state index in [4.69, 9.17) is 10.2 Å². The predicted octanol–water partition coefficient (Wildman–Crippen LogP) is 3.52. The molecule has 0 spiro atoms. The number of likely N-dealkylation sites (tertiary alicyclic amines) is 1. The molecule has 126 valence electrons. The lowest BCUT2D eigenvalue weighted by molar-refractivity contribution is 0.200. The number of fused-ring (bicyclic) bond motifs is 1. The molecule has 5 nitrogen and oxygen atoms in total. The Bertz CT molecular complexity index is 929. The van der Waals surface area contributed by atoms with E-state index < -0.39 is 0 Å². The van der Waals surface area contributed by atoms with E-state index in [1.54, 1.807) is 12.3 Å². The molecule has 25 heavy (non-hydrogen) atoms. The van der Waals surface area contributed by atoms with Gasteiger partial charge in [-0.25, -0.2) is 4.98 Å². The third kappa shape index (κ3) is 3.40. The number of pyridine rings is 1. The van der Waals surface area contributed by atoms with Crippen LogP contribution in [-0.2, 0) is 6.54 Å². The Morgan fingerprint density at radius 3 is 2.88 bits per heavy atom. The fourth-order valence-corrected chi connectivity index (χ4v) is 3.56. The zero-order chi connectivity index (χ0) is 17.2. The maximum absolute atomic E-state index is 9.00. The predicted molar refractivity (Wildman–Crippen MR) is 97.0 cm³/mol. The number of imidazole rings is 1. The molecule has 0 bridgehead atoms. The number of nitriles is 1. The van der Waals surface area contributed by atoms with E-state index in [-0.39, 0.29) is 0 Å². The standard InChI is InChI=1S/C20H21N5/c1-14-2-3-18-19(10-14)24-20(23-18)16-5-8-25(9-6-16)13-17-11-15(12-21)4-7-22-17/h2-4,7,10-11,16H,5-6,8-9,13H2,1H3,(H,23,24). The third-order valence-corrected chi connectivity index (χ3v) is 4.96. The molecule has 0 atom stereocenters. The van der Waals surface area contributed by atoms with E-state index in [1.807, 2.05) is 6.07 Å². The van der Waals surface area contributed by atoms with Crippen molar-refractivity contribution in [3.05, 3.63) is 59.2 Å². The highest BCUT2D eigenvalue weighted by molar-refractivity contribution is 5.75. The van der Waals surface area contributed by atoms with E-state index in [0.717, 1.165) is 55.0 Å². The van der Waals surface area contributed by atoms with Gasteiger partial charge in [0.25, 0.3) is 0 Å². The summed E-state index contributed by atoms with van der Waals surface area (Å²) in [5.74, 6) is 1.60. The van der Waals surface area contributed by atoms with Crippen molar-refractivity contribution in [3.8, 4) is 6.07 Å². The Morgan fingerprint density at radius 1 is 1.24 bits per heavy atom. The molecule has 0 aliphatic carbocycles. The number of nitrogens with zero attached hydrogens (tertiary/aromatic N) is 4. The van der Waals surface area contributed by atoms with Gasteiger partial charge >= 0.3 is 0 Å². The highest BCUT2D eigenvalue weighted by Crippen LogP contribution is 2.28. The third-order valence-electron chi connectivity index (χ3n) is 4.96. The normalized spacial score (nSPS) is 16.2. The van der Waals surface area contributed by atoms with Crippen LogP contribution in [0.1, 0.15) is 41.4 Å². The summed E-state index contributed by atoms with van der Waals surface area (Å²) in [5.41, 5.74) is 5.09. The van der Waals surface area contributed by atoms with Gasteiger partial charge in [0.1, 0.15) is 5.82 Å². The summed E-state index contributed by atoms with van der Waals surface area (Å²) in [6.45, 7) is 4.97. The number of rotatable bonds is 3.